The van der Waals surface area contributed by atoms with Crippen LogP contribution < -0.4 is 5.73 Å². The van der Waals surface area contributed by atoms with E-state index in [-0.39, 0.29) is 5.75 Å². The van der Waals surface area contributed by atoms with Crippen LogP contribution in [0.5, 0.6) is 5.75 Å². The highest BCUT2D eigenvalue weighted by atomic mass is 16.3. The number of phenols is 1. The molecule has 4 heteroatoms. The Labute approximate surface area is 104 Å². The number of fused-ring (bicyclic) bond motifs is 1. The summed E-state index contributed by atoms with van der Waals surface area (Å²) in [5, 5.41) is 10.7. The number of aromatic amines is 1. The van der Waals surface area contributed by atoms with Crippen LogP contribution in [0.4, 0.5) is 0 Å². The van der Waals surface area contributed by atoms with Gasteiger partial charge in [0.2, 0.25) is 0 Å². The average molecular weight is 239 g/mol. The third-order valence-corrected chi connectivity index (χ3v) is 3.03. The van der Waals surface area contributed by atoms with Crippen molar-refractivity contribution in [3.8, 4) is 17.0 Å². The number of para-hydroxylation sites is 1. The van der Waals surface area contributed by atoms with Gasteiger partial charge in [-0.2, -0.15) is 0 Å². The van der Waals surface area contributed by atoms with Gasteiger partial charge < -0.3 is 15.8 Å². The molecule has 0 atom stereocenters. The van der Waals surface area contributed by atoms with E-state index in [1.807, 2.05) is 30.5 Å². The number of pyridine rings is 1. The van der Waals surface area contributed by atoms with Crippen LogP contribution in [-0.2, 0) is 6.54 Å². The lowest BCUT2D eigenvalue weighted by Gasteiger charge is -2.02. The molecule has 1 aromatic carbocycles. The second kappa shape index (κ2) is 4.16. The Morgan fingerprint density at radius 1 is 1.28 bits per heavy atom. The number of phenolic OH excluding ortho intramolecular Hbond substituents is 1. The molecule has 90 valence electrons. The first kappa shape index (κ1) is 10.8. The summed E-state index contributed by atoms with van der Waals surface area (Å²) >= 11 is 0. The van der Waals surface area contributed by atoms with Crippen molar-refractivity contribution < 1.29 is 5.11 Å². The minimum Gasteiger partial charge on any atom is -0.506 e. The maximum absolute atomic E-state index is 9.76. The smallest absolute Gasteiger partial charge is 0.139 e. The Bertz CT molecular complexity index is 703. The van der Waals surface area contributed by atoms with Crippen LogP contribution in [0.1, 0.15) is 5.56 Å². The molecule has 0 bridgehead atoms. The Morgan fingerprint density at radius 2 is 2.17 bits per heavy atom. The molecule has 0 aliphatic carbocycles. The summed E-state index contributed by atoms with van der Waals surface area (Å²) < 4.78 is 0. The molecule has 0 radical (unpaired) electrons. The third-order valence-electron chi connectivity index (χ3n) is 3.03. The highest BCUT2D eigenvalue weighted by Gasteiger charge is 2.09. The Hall–Kier alpha value is -2.33. The Morgan fingerprint density at radius 3 is 3.00 bits per heavy atom. The molecule has 2 heterocycles. The molecule has 3 aromatic rings. The van der Waals surface area contributed by atoms with Gasteiger partial charge >= 0.3 is 0 Å². The molecule has 0 amide bonds. The standard InChI is InChI=1S/C14H13N3O/c15-7-9-4-5-16-12(6-9)11-8-17-14-10(11)2-1-3-13(14)18/h1-6,8,17-18H,7,15H2. The largest absolute Gasteiger partial charge is 0.506 e. The fraction of sp³-hybridized carbons (Fsp3) is 0.0714. The van der Waals surface area contributed by atoms with Gasteiger partial charge in [0.15, 0.2) is 0 Å². The number of hydrogen-bond donors (Lipinski definition) is 3. The van der Waals surface area contributed by atoms with E-state index in [0.717, 1.165) is 27.7 Å². The van der Waals surface area contributed by atoms with Crippen molar-refractivity contribution in [1.82, 2.24) is 9.97 Å². The minimum atomic E-state index is 0.244. The summed E-state index contributed by atoms with van der Waals surface area (Å²) in [5.74, 6) is 0.244. The molecule has 0 aliphatic heterocycles. The van der Waals surface area contributed by atoms with Crippen molar-refractivity contribution in [3.63, 3.8) is 0 Å². The average Bonchev–Trinajstić information content (AvgIpc) is 2.84. The molecular formula is C14H13N3O. The number of nitrogens with two attached hydrogens (primary N) is 1. The second-order valence-corrected chi connectivity index (χ2v) is 4.16. The number of rotatable bonds is 2. The number of H-pyrrole nitrogens is 1. The minimum absolute atomic E-state index is 0.244. The van der Waals surface area contributed by atoms with Gasteiger partial charge in [0, 0.05) is 29.9 Å². The Balaban J connectivity index is 2.22. The normalized spacial score (nSPS) is 10.9. The first-order valence-corrected chi connectivity index (χ1v) is 5.74. The van der Waals surface area contributed by atoms with Crippen LogP contribution in [0.25, 0.3) is 22.2 Å². The van der Waals surface area contributed by atoms with Gasteiger partial charge in [0.1, 0.15) is 5.75 Å². The molecule has 0 aliphatic rings. The van der Waals surface area contributed by atoms with Gasteiger partial charge in [0.05, 0.1) is 11.2 Å². The topological polar surface area (TPSA) is 74.9 Å². The van der Waals surface area contributed by atoms with E-state index in [4.69, 9.17) is 5.73 Å². The second-order valence-electron chi connectivity index (χ2n) is 4.16. The van der Waals surface area contributed by atoms with Gasteiger partial charge in [0.25, 0.3) is 0 Å². The zero-order chi connectivity index (χ0) is 12.5. The fourth-order valence-electron chi connectivity index (χ4n) is 2.10. The third kappa shape index (κ3) is 1.63. The number of nitrogens with one attached hydrogen (secondary N) is 1. The van der Waals surface area contributed by atoms with E-state index in [9.17, 15) is 5.11 Å². The molecule has 2 aromatic heterocycles. The monoisotopic (exact) mass is 239 g/mol. The van der Waals surface area contributed by atoms with Crippen LogP contribution in [0, 0.1) is 0 Å². The molecule has 3 rings (SSSR count). The van der Waals surface area contributed by atoms with Gasteiger partial charge in [-0.05, 0) is 23.8 Å². The molecule has 0 saturated heterocycles. The van der Waals surface area contributed by atoms with Crippen LogP contribution >= 0.6 is 0 Å². The van der Waals surface area contributed by atoms with Gasteiger partial charge in [-0.1, -0.05) is 12.1 Å². The van der Waals surface area contributed by atoms with Crippen LogP contribution in [0.3, 0.4) is 0 Å². The summed E-state index contributed by atoms with van der Waals surface area (Å²) in [6.07, 6.45) is 3.60. The summed E-state index contributed by atoms with van der Waals surface area (Å²) in [4.78, 5) is 7.42. The predicted molar refractivity (Wildman–Crippen MR) is 71.1 cm³/mol. The van der Waals surface area contributed by atoms with Crippen molar-refractivity contribution in [2.24, 2.45) is 5.73 Å². The van der Waals surface area contributed by atoms with Gasteiger partial charge in [-0.3, -0.25) is 4.98 Å². The van der Waals surface area contributed by atoms with Gasteiger partial charge in [-0.25, -0.2) is 0 Å². The fourth-order valence-corrected chi connectivity index (χ4v) is 2.10. The number of aromatic nitrogens is 2. The lowest BCUT2D eigenvalue weighted by Crippen LogP contribution is -1.96. The summed E-state index contributed by atoms with van der Waals surface area (Å²) in [5.41, 5.74) is 9.22. The lowest BCUT2D eigenvalue weighted by atomic mass is 10.1. The molecule has 18 heavy (non-hydrogen) atoms. The van der Waals surface area contributed by atoms with E-state index >= 15 is 0 Å². The molecule has 0 unspecified atom stereocenters. The van der Waals surface area contributed by atoms with Crippen molar-refractivity contribution >= 4 is 10.9 Å². The maximum atomic E-state index is 9.76. The summed E-state index contributed by atoms with van der Waals surface area (Å²) in [7, 11) is 0. The molecule has 0 spiro atoms. The van der Waals surface area contributed by atoms with E-state index in [1.54, 1.807) is 12.3 Å². The number of nitrogens with zero attached hydrogens (tertiary/aromatic N) is 1. The molecule has 0 saturated carbocycles. The van der Waals surface area contributed by atoms with E-state index < -0.39 is 0 Å². The maximum Gasteiger partial charge on any atom is 0.139 e. The molecular weight excluding hydrogens is 226 g/mol. The first-order valence-electron chi connectivity index (χ1n) is 5.74. The van der Waals surface area contributed by atoms with Crippen molar-refractivity contribution in [2.75, 3.05) is 0 Å². The van der Waals surface area contributed by atoms with Crippen LogP contribution in [-0.4, -0.2) is 15.1 Å². The van der Waals surface area contributed by atoms with Crippen LogP contribution in [0.2, 0.25) is 0 Å². The predicted octanol–water partition coefficient (Wildman–Crippen LogP) is 2.39. The van der Waals surface area contributed by atoms with E-state index in [0.29, 0.717) is 6.54 Å². The van der Waals surface area contributed by atoms with Crippen molar-refractivity contribution in [2.45, 2.75) is 6.54 Å². The summed E-state index contributed by atoms with van der Waals surface area (Å²) in [6, 6.07) is 9.30. The number of aromatic hydroxyl groups is 1. The van der Waals surface area contributed by atoms with Crippen molar-refractivity contribution in [1.29, 1.82) is 0 Å². The highest BCUT2D eigenvalue weighted by molar-refractivity contribution is 5.97. The van der Waals surface area contributed by atoms with Gasteiger partial charge in [-0.15, -0.1) is 0 Å². The highest BCUT2D eigenvalue weighted by Crippen LogP contribution is 2.31. The quantitative estimate of drug-likeness (QED) is 0.642. The summed E-state index contributed by atoms with van der Waals surface area (Å²) in [6.45, 7) is 0.489. The lowest BCUT2D eigenvalue weighted by molar-refractivity contribution is 0.480. The zero-order valence-corrected chi connectivity index (χ0v) is 9.72. The first-order chi connectivity index (χ1) is 8.79. The zero-order valence-electron chi connectivity index (χ0n) is 9.72. The van der Waals surface area contributed by atoms with E-state index in [2.05, 4.69) is 9.97 Å². The molecule has 4 N–H and O–H groups in total. The SMILES string of the molecule is NCc1ccnc(-c2c[nH]c3c(O)cccc23)c1. The Kier molecular flexibility index (Phi) is 2.50. The number of benzene rings is 1. The van der Waals surface area contributed by atoms with Crippen LogP contribution in [0.15, 0.2) is 42.7 Å². The molecule has 0 fully saturated rings. The van der Waals surface area contributed by atoms with Crippen molar-refractivity contribution in [3.05, 3.63) is 48.3 Å². The molecule has 4 nitrogen and oxygen atoms in total. The van der Waals surface area contributed by atoms with E-state index in [1.165, 1.54) is 0 Å². The number of hydrogen-bond acceptors (Lipinski definition) is 3.